The van der Waals surface area contributed by atoms with Crippen molar-refractivity contribution in [2.75, 3.05) is 0 Å². The van der Waals surface area contributed by atoms with Gasteiger partial charge >= 0.3 is 0 Å². The molecule has 0 heterocycles. The summed E-state index contributed by atoms with van der Waals surface area (Å²) in [5.41, 5.74) is 0.0936. The summed E-state index contributed by atoms with van der Waals surface area (Å²) in [6, 6.07) is 0. The third kappa shape index (κ3) is 3.76. The van der Waals surface area contributed by atoms with Crippen LogP contribution in [0.1, 0.15) is 105 Å². The molecule has 4 rings (SSSR count). The van der Waals surface area contributed by atoms with E-state index >= 15 is 0 Å². The van der Waals surface area contributed by atoms with E-state index in [1.807, 2.05) is 13.8 Å². The first kappa shape index (κ1) is 20.2. The van der Waals surface area contributed by atoms with Crippen LogP contribution in [0.25, 0.3) is 0 Å². The minimum Gasteiger partial charge on any atom is -0.390 e. The average molecular weight is 375 g/mol. The van der Waals surface area contributed by atoms with Gasteiger partial charge in [-0.3, -0.25) is 0 Å². The van der Waals surface area contributed by atoms with Crippen molar-refractivity contribution in [3.05, 3.63) is 0 Å². The fraction of sp³-hybridized carbons (Fsp3) is 1.00. The molecule has 0 aliphatic heterocycles. The van der Waals surface area contributed by atoms with Gasteiger partial charge in [0, 0.05) is 0 Å². The molecule has 0 saturated heterocycles. The molecule has 0 amide bonds. The maximum Gasteiger partial charge on any atom is 0.0591 e. The number of fused-ring (bicyclic) bond motifs is 5. The molecule has 8 unspecified atom stereocenters. The van der Waals surface area contributed by atoms with Gasteiger partial charge in [-0.1, -0.05) is 27.2 Å². The van der Waals surface area contributed by atoms with Crippen LogP contribution in [-0.2, 0) is 0 Å². The van der Waals surface area contributed by atoms with E-state index in [2.05, 4.69) is 20.8 Å². The predicted molar refractivity (Wildman–Crippen MR) is 114 cm³/mol. The van der Waals surface area contributed by atoms with Crippen molar-refractivity contribution in [2.24, 2.45) is 52.8 Å². The van der Waals surface area contributed by atoms with E-state index in [-0.39, 0.29) is 0 Å². The summed E-state index contributed by atoms with van der Waals surface area (Å²) in [6.07, 6.45) is 15.8. The van der Waals surface area contributed by atoms with Crippen LogP contribution < -0.4 is 0 Å². The minimum atomic E-state index is -0.499. The highest BCUT2D eigenvalue weighted by Gasteiger charge is 2.57. The van der Waals surface area contributed by atoms with Crippen molar-refractivity contribution in [2.45, 2.75) is 111 Å². The standard InChI is InChI=1S/C26H46O/c1-17-6-8-20-19(16-17)7-9-22-21(20)13-15-26(5)23(10-11-24(22)26)18(2)12-14-25(3,4)27/h17-24,27H,6-16H2,1-5H3/t17?,18-,19?,20?,21?,22?,23?,24?,26?/m1/s1. The van der Waals surface area contributed by atoms with E-state index in [4.69, 9.17) is 0 Å². The lowest BCUT2D eigenvalue weighted by atomic mass is 9.48. The topological polar surface area (TPSA) is 20.2 Å². The van der Waals surface area contributed by atoms with Crippen molar-refractivity contribution in [1.29, 1.82) is 0 Å². The number of hydrogen-bond acceptors (Lipinski definition) is 1. The minimum absolute atomic E-state index is 0.499. The van der Waals surface area contributed by atoms with Crippen LogP contribution in [0, 0.1) is 52.8 Å². The molecule has 0 spiro atoms. The first-order valence-electron chi connectivity index (χ1n) is 12.4. The van der Waals surface area contributed by atoms with Crippen LogP contribution in [0.4, 0.5) is 0 Å². The fourth-order valence-corrected chi connectivity index (χ4v) is 8.85. The Hall–Kier alpha value is -0.0400. The molecule has 1 heteroatoms. The highest BCUT2D eigenvalue weighted by molar-refractivity contribution is 5.06. The van der Waals surface area contributed by atoms with Crippen molar-refractivity contribution in [3.63, 3.8) is 0 Å². The van der Waals surface area contributed by atoms with Crippen LogP contribution in [0.3, 0.4) is 0 Å². The van der Waals surface area contributed by atoms with E-state index in [0.29, 0.717) is 5.41 Å². The van der Waals surface area contributed by atoms with Crippen LogP contribution in [0.5, 0.6) is 0 Å². The van der Waals surface area contributed by atoms with Gasteiger partial charge in [0.2, 0.25) is 0 Å². The van der Waals surface area contributed by atoms with E-state index in [1.54, 1.807) is 19.3 Å². The second-order valence-corrected chi connectivity index (χ2v) is 12.4. The third-order valence-electron chi connectivity index (χ3n) is 10.2. The second kappa shape index (κ2) is 7.33. The molecule has 0 radical (unpaired) electrons. The van der Waals surface area contributed by atoms with Gasteiger partial charge in [-0.25, -0.2) is 0 Å². The molecule has 4 saturated carbocycles. The van der Waals surface area contributed by atoms with Crippen LogP contribution >= 0.6 is 0 Å². The largest absolute Gasteiger partial charge is 0.390 e. The zero-order valence-electron chi connectivity index (χ0n) is 18.8. The number of hydrogen-bond donors (Lipinski definition) is 1. The first-order chi connectivity index (χ1) is 12.7. The molecule has 4 aliphatic carbocycles. The molecule has 9 atom stereocenters. The van der Waals surface area contributed by atoms with Crippen molar-refractivity contribution < 1.29 is 5.11 Å². The molecule has 0 aromatic heterocycles. The van der Waals surface area contributed by atoms with Crippen LogP contribution in [0.2, 0.25) is 0 Å². The van der Waals surface area contributed by atoms with E-state index in [0.717, 1.165) is 53.8 Å². The zero-order valence-corrected chi connectivity index (χ0v) is 18.8. The molecule has 4 fully saturated rings. The summed E-state index contributed by atoms with van der Waals surface area (Å²) < 4.78 is 0. The maximum atomic E-state index is 10.2. The van der Waals surface area contributed by atoms with E-state index in [9.17, 15) is 5.11 Å². The normalized spacial score (nSPS) is 48.4. The Morgan fingerprint density at radius 1 is 0.963 bits per heavy atom. The summed E-state index contributed by atoms with van der Waals surface area (Å²) >= 11 is 0. The third-order valence-corrected chi connectivity index (χ3v) is 10.2. The van der Waals surface area contributed by atoms with Gasteiger partial charge in [-0.15, -0.1) is 0 Å². The molecule has 4 aliphatic rings. The average Bonchev–Trinajstić information content (AvgIpc) is 2.96. The Labute approximate surface area is 169 Å². The Morgan fingerprint density at radius 2 is 1.70 bits per heavy atom. The quantitative estimate of drug-likeness (QED) is 0.557. The number of rotatable bonds is 4. The smallest absolute Gasteiger partial charge is 0.0591 e. The summed E-state index contributed by atoms with van der Waals surface area (Å²) in [5.74, 6) is 7.93. The van der Waals surface area contributed by atoms with Gasteiger partial charge in [0.25, 0.3) is 0 Å². The van der Waals surface area contributed by atoms with Crippen molar-refractivity contribution in [3.8, 4) is 0 Å². The van der Waals surface area contributed by atoms with Gasteiger partial charge in [0.05, 0.1) is 5.60 Å². The molecule has 0 aromatic rings. The van der Waals surface area contributed by atoms with E-state index in [1.165, 1.54) is 44.9 Å². The molecule has 0 bridgehead atoms. The highest BCUT2D eigenvalue weighted by atomic mass is 16.3. The summed E-state index contributed by atoms with van der Waals surface area (Å²) in [5, 5.41) is 10.2. The van der Waals surface area contributed by atoms with Crippen LogP contribution in [0.15, 0.2) is 0 Å². The Kier molecular flexibility index (Phi) is 5.50. The van der Waals surface area contributed by atoms with Crippen LogP contribution in [-0.4, -0.2) is 10.7 Å². The second-order valence-electron chi connectivity index (χ2n) is 12.4. The lowest BCUT2D eigenvalue weighted by molar-refractivity contribution is -0.0741. The Bertz CT molecular complexity index is 519. The molecule has 0 aromatic carbocycles. The number of aliphatic hydroxyl groups is 1. The zero-order chi connectivity index (χ0) is 19.4. The summed E-state index contributed by atoms with van der Waals surface area (Å²) in [4.78, 5) is 0. The van der Waals surface area contributed by atoms with Gasteiger partial charge in [-0.05, 0) is 131 Å². The SMILES string of the molecule is CC1CCC2C(CCC3C2CCC2(C)C3CCC2[C@H](C)CCC(C)(C)O)C1. The molecular weight excluding hydrogens is 328 g/mol. The molecule has 1 N–H and O–H groups in total. The maximum absolute atomic E-state index is 10.2. The molecule has 156 valence electrons. The molecule has 1 nitrogen and oxygen atoms in total. The van der Waals surface area contributed by atoms with Gasteiger partial charge < -0.3 is 5.11 Å². The monoisotopic (exact) mass is 374 g/mol. The Balaban J connectivity index is 1.45. The van der Waals surface area contributed by atoms with Gasteiger partial charge in [-0.2, -0.15) is 0 Å². The van der Waals surface area contributed by atoms with Crippen molar-refractivity contribution in [1.82, 2.24) is 0 Å². The van der Waals surface area contributed by atoms with Crippen molar-refractivity contribution >= 4 is 0 Å². The van der Waals surface area contributed by atoms with Gasteiger partial charge in [0.1, 0.15) is 0 Å². The molecule has 27 heavy (non-hydrogen) atoms. The van der Waals surface area contributed by atoms with Gasteiger partial charge in [0.15, 0.2) is 0 Å². The Morgan fingerprint density at radius 3 is 2.44 bits per heavy atom. The highest BCUT2D eigenvalue weighted by Crippen LogP contribution is 2.65. The summed E-state index contributed by atoms with van der Waals surface area (Å²) in [7, 11) is 0. The summed E-state index contributed by atoms with van der Waals surface area (Å²) in [6.45, 7) is 11.6. The lowest BCUT2D eigenvalue weighted by Gasteiger charge is -2.56. The predicted octanol–water partition coefficient (Wildman–Crippen LogP) is 7.08. The lowest BCUT2D eigenvalue weighted by Crippen LogP contribution is -2.49. The molecular formula is C26H46O. The first-order valence-corrected chi connectivity index (χ1v) is 12.4. The van der Waals surface area contributed by atoms with E-state index < -0.39 is 5.60 Å². The fourth-order valence-electron chi connectivity index (χ4n) is 8.85.